The number of nitrogens with one attached hydrogen (secondary N) is 2. The molecule has 0 bridgehead atoms. The summed E-state index contributed by atoms with van der Waals surface area (Å²) in [5.41, 5.74) is 4.25. The second-order valence-electron chi connectivity index (χ2n) is 6.68. The number of benzene rings is 2. The number of hydrogen-bond acceptors (Lipinski definition) is 5. The second kappa shape index (κ2) is 9.61. The molecule has 0 aliphatic carbocycles. The number of alkyl halides is 3. The molecule has 1 aromatic heterocycles. The second-order valence-corrected chi connectivity index (χ2v) is 7.57. The summed E-state index contributed by atoms with van der Waals surface area (Å²) >= 11 is 1.59. The van der Waals surface area contributed by atoms with Crippen LogP contribution in [0.25, 0.3) is 10.6 Å². The van der Waals surface area contributed by atoms with E-state index in [2.05, 4.69) is 27.8 Å². The molecule has 3 N–H and O–H groups in total. The van der Waals surface area contributed by atoms with Gasteiger partial charge in [0.25, 0.3) is 0 Å². The highest BCUT2D eigenvalue weighted by molar-refractivity contribution is 7.13. The van der Waals surface area contributed by atoms with Crippen LogP contribution in [0.5, 0.6) is 0 Å². The Morgan fingerprint density at radius 3 is 2.58 bits per heavy atom. The number of carboxylic acids is 1. The molecule has 2 aromatic carbocycles. The van der Waals surface area contributed by atoms with Gasteiger partial charge in [-0.05, 0) is 30.2 Å². The highest BCUT2D eigenvalue weighted by Gasteiger charge is 2.38. The first kappa shape index (κ1) is 22.3. The van der Waals surface area contributed by atoms with E-state index >= 15 is 0 Å². The number of halogens is 3. The van der Waals surface area contributed by atoms with Crippen molar-refractivity contribution in [1.29, 1.82) is 0 Å². The first-order valence-electron chi connectivity index (χ1n) is 9.16. The molecule has 0 radical (unpaired) electrons. The predicted octanol–water partition coefficient (Wildman–Crippen LogP) is 4.81. The van der Waals surface area contributed by atoms with E-state index in [-0.39, 0.29) is 11.9 Å². The van der Waals surface area contributed by atoms with Gasteiger partial charge in [-0.25, -0.2) is 9.78 Å². The summed E-state index contributed by atoms with van der Waals surface area (Å²) in [5.74, 6) is -2.73. The number of anilines is 2. The Bertz CT molecular complexity index is 1030. The third kappa shape index (κ3) is 6.29. The Morgan fingerprint density at radius 1 is 1.19 bits per heavy atom. The first-order chi connectivity index (χ1) is 14.7. The molecule has 0 saturated carbocycles. The van der Waals surface area contributed by atoms with E-state index in [0.717, 1.165) is 28.4 Å². The van der Waals surface area contributed by atoms with Crippen LogP contribution in [0, 0.1) is 0 Å². The average molecular weight is 449 g/mol. The van der Waals surface area contributed by atoms with Gasteiger partial charge in [-0.1, -0.05) is 30.3 Å². The highest BCUT2D eigenvalue weighted by atomic mass is 32.1. The summed E-state index contributed by atoms with van der Waals surface area (Å²) in [7, 11) is 0. The summed E-state index contributed by atoms with van der Waals surface area (Å²) < 4.78 is 31.7. The molecule has 0 spiro atoms. The fourth-order valence-electron chi connectivity index (χ4n) is 3.03. The van der Waals surface area contributed by atoms with E-state index in [1.54, 1.807) is 17.5 Å². The largest absolute Gasteiger partial charge is 0.490 e. The van der Waals surface area contributed by atoms with Crippen molar-refractivity contribution in [2.45, 2.75) is 25.1 Å². The topological polar surface area (TPSA) is 91.3 Å². The van der Waals surface area contributed by atoms with E-state index in [0.29, 0.717) is 6.42 Å². The van der Waals surface area contributed by atoms with Crippen LogP contribution in [0.2, 0.25) is 0 Å². The van der Waals surface area contributed by atoms with Gasteiger partial charge in [0.1, 0.15) is 5.01 Å². The van der Waals surface area contributed by atoms with Crippen molar-refractivity contribution < 1.29 is 27.9 Å². The first-order valence-corrected chi connectivity index (χ1v) is 10.0. The van der Waals surface area contributed by atoms with Crippen molar-refractivity contribution in [2.75, 3.05) is 10.6 Å². The van der Waals surface area contributed by atoms with Gasteiger partial charge < -0.3 is 15.7 Å². The third-order valence-corrected chi connectivity index (χ3v) is 5.17. The number of rotatable bonds is 4. The van der Waals surface area contributed by atoms with Crippen molar-refractivity contribution in [3.63, 3.8) is 0 Å². The van der Waals surface area contributed by atoms with E-state index in [4.69, 9.17) is 9.90 Å². The average Bonchev–Trinajstić information content (AvgIpc) is 3.37. The summed E-state index contributed by atoms with van der Waals surface area (Å²) in [6.45, 7) is 0. The Labute approximate surface area is 179 Å². The number of aliphatic carboxylic acids is 1. The van der Waals surface area contributed by atoms with Crippen LogP contribution < -0.4 is 10.6 Å². The standard InChI is InChI=1S/C19H17N3OS.C2HF3O2/c23-18(12-16-10-13-4-1-2-7-17(13)21-16)22-15-6-3-5-14(11-15)19-20-8-9-24-19;3-2(4,5)1(6)7/h1-9,11,16,21H,10,12H2,(H,22,23);(H,6,7)/t16-;/m0./s1. The lowest BCUT2D eigenvalue weighted by Crippen LogP contribution is -2.24. The lowest BCUT2D eigenvalue weighted by Gasteiger charge is -2.12. The maximum absolute atomic E-state index is 12.4. The quantitative estimate of drug-likeness (QED) is 0.532. The SMILES string of the molecule is O=C(C[C@@H]1Cc2ccccc2N1)Nc1cccc(-c2nccs2)c1.O=C(O)C(F)(F)F. The molecule has 0 unspecified atom stereocenters. The zero-order valence-corrected chi connectivity index (χ0v) is 16.8. The minimum atomic E-state index is -5.08. The maximum Gasteiger partial charge on any atom is 0.490 e. The molecule has 1 aliphatic heterocycles. The normalized spacial score (nSPS) is 14.6. The lowest BCUT2D eigenvalue weighted by molar-refractivity contribution is -0.192. The van der Waals surface area contributed by atoms with Gasteiger partial charge >= 0.3 is 12.1 Å². The molecule has 6 nitrogen and oxygen atoms in total. The summed E-state index contributed by atoms with van der Waals surface area (Å²) in [4.78, 5) is 25.6. The number of aromatic nitrogens is 1. The molecule has 162 valence electrons. The lowest BCUT2D eigenvalue weighted by atomic mass is 10.1. The number of hydrogen-bond donors (Lipinski definition) is 3. The monoisotopic (exact) mass is 449 g/mol. The molecule has 31 heavy (non-hydrogen) atoms. The van der Waals surface area contributed by atoms with Gasteiger partial charge in [-0.15, -0.1) is 11.3 Å². The molecule has 1 amide bonds. The number of fused-ring (bicyclic) bond motifs is 1. The zero-order valence-electron chi connectivity index (χ0n) is 16.0. The third-order valence-electron chi connectivity index (χ3n) is 4.34. The minimum Gasteiger partial charge on any atom is -0.475 e. The fraction of sp³-hybridized carbons (Fsp3) is 0.190. The van der Waals surface area contributed by atoms with Crippen LogP contribution in [-0.2, 0) is 16.0 Å². The van der Waals surface area contributed by atoms with Crippen LogP contribution in [0.4, 0.5) is 24.5 Å². The smallest absolute Gasteiger partial charge is 0.475 e. The molecular formula is C21H18F3N3O3S. The fourth-order valence-corrected chi connectivity index (χ4v) is 3.67. The number of carbonyl (C=O) groups excluding carboxylic acids is 1. The highest BCUT2D eigenvalue weighted by Crippen LogP contribution is 2.27. The zero-order chi connectivity index (χ0) is 22.4. The van der Waals surface area contributed by atoms with Gasteiger partial charge in [0.05, 0.1) is 0 Å². The number of thiazole rings is 1. The number of amides is 1. The molecule has 2 heterocycles. The Hall–Kier alpha value is -3.40. The molecule has 3 aromatic rings. The molecular weight excluding hydrogens is 431 g/mol. The summed E-state index contributed by atoms with van der Waals surface area (Å²) in [6.07, 6.45) is -1.95. The Morgan fingerprint density at radius 2 is 1.94 bits per heavy atom. The van der Waals surface area contributed by atoms with E-state index in [1.165, 1.54) is 5.56 Å². The van der Waals surface area contributed by atoms with Crippen LogP contribution in [0.3, 0.4) is 0 Å². The Kier molecular flexibility index (Phi) is 6.91. The van der Waals surface area contributed by atoms with Gasteiger partial charge in [-0.3, -0.25) is 4.79 Å². The van der Waals surface area contributed by atoms with Crippen LogP contribution >= 0.6 is 11.3 Å². The van der Waals surface area contributed by atoms with E-state index in [1.807, 2.05) is 41.8 Å². The summed E-state index contributed by atoms with van der Waals surface area (Å²) in [5, 5.41) is 16.4. The number of nitrogens with zero attached hydrogens (tertiary/aromatic N) is 1. The number of para-hydroxylation sites is 1. The van der Waals surface area contributed by atoms with Crippen molar-refractivity contribution in [3.8, 4) is 10.6 Å². The molecule has 10 heteroatoms. The van der Waals surface area contributed by atoms with Gasteiger partial charge in [0, 0.05) is 41.0 Å². The van der Waals surface area contributed by atoms with Gasteiger partial charge in [0.2, 0.25) is 5.91 Å². The molecule has 4 rings (SSSR count). The Balaban J connectivity index is 0.000000339. The van der Waals surface area contributed by atoms with E-state index in [9.17, 15) is 18.0 Å². The van der Waals surface area contributed by atoms with Crippen LogP contribution in [0.15, 0.2) is 60.1 Å². The maximum atomic E-state index is 12.4. The molecule has 1 atom stereocenters. The molecule has 0 saturated heterocycles. The van der Waals surface area contributed by atoms with Crippen LogP contribution in [0.1, 0.15) is 12.0 Å². The van der Waals surface area contributed by atoms with Crippen molar-refractivity contribution in [3.05, 3.63) is 65.7 Å². The summed E-state index contributed by atoms with van der Waals surface area (Å²) in [6, 6.07) is 16.2. The molecule has 1 aliphatic rings. The number of carbonyl (C=O) groups is 2. The molecule has 0 fully saturated rings. The predicted molar refractivity (Wildman–Crippen MR) is 112 cm³/mol. The minimum absolute atomic E-state index is 0.0246. The van der Waals surface area contributed by atoms with Crippen LogP contribution in [-0.4, -0.2) is 34.2 Å². The van der Waals surface area contributed by atoms with E-state index < -0.39 is 12.1 Å². The number of carboxylic acid groups (broad SMARTS) is 1. The van der Waals surface area contributed by atoms with Gasteiger partial charge in [0.15, 0.2) is 0 Å². The van der Waals surface area contributed by atoms with Crippen molar-refractivity contribution in [1.82, 2.24) is 4.98 Å². The van der Waals surface area contributed by atoms with Crippen molar-refractivity contribution >= 4 is 34.6 Å². The van der Waals surface area contributed by atoms with Gasteiger partial charge in [-0.2, -0.15) is 13.2 Å². The van der Waals surface area contributed by atoms with Crippen molar-refractivity contribution in [2.24, 2.45) is 0 Å².